The zero-order valence-corrected chi connectivity index (χ0v) is 24.0. The maximum atomic E-state index is 12.5. The van der Waals surface area contributed by atoms with Gasteiger partial charge in [-0.2, -0.15) is 0 Å². The normalized spacial score (nSPS) is 12.4. The van der Waals surface area contributed by atoms with E-state index in [4.69, 9.17) is 20.9 Å². The van der Waals surface area contributed by atoms with Gasteiger partial charge in [0, 0.05) is 6.42 Å². The second-order valence-corrected chi connectivity index (χ2v) is 11.0. The van der Waals surface area contributed by atoms with Gasteiger partial charge in [-0.3, -0.25) is 9.32 Å². The number of phosphoric acid groups is 1. The number of nitrogens with one attached hydrogen (secondary N) is 1. The van der Waals surface area contributed by atoms with Gasteiger partial charge in [-0.1, -0.05) is 88.5 Å². The van der Waals surface area contributed by atoms with E-state index in [9.17, 15) is 9.36 Å². The molecule has 1 rings (SSSR count). The van der Waals surface area contributed by atoms with Crippen LogP contribution in [0, 0.1) is 12.3 Å². The Labute approximate surface area is 230 Å². The Morgan fingerprint density at radius 2 is 1.55 bits per heavy atom. The molecule has 0 saturated heterocycles. The van der Waals surface area contributed by atoms with Gasteiger partial charge < -0.3 is 19.8 Å². The fourth-order valence-electron chi connectivity index (χ4n) is 4.13. The smallest absolute Gasteiger partial charge is 0.469 e. The number of unbranched alkanes of at least 4 members (excludes halogenated alkanes) is 11. The Bertz CT molecular complexity index is 858. The lowest BCUT2D eigenvalue weighted by molar-refractivity contribution is -0.122. The molecular weight excluding hydrogens is 501 g/mol. The lowest BCUT2D eigenvalue weighted by Crippen LogP contribution is -2.39. The molecule has 0 saturated carbocycles. The first-order chi connectivity index (χ1) is 18.3. The summed E-state index contributed by atoms with van der Waals surface area (Å²) in [5.41, 5.74) is 0.874. The van der Waals surface area contributed by atoms with E-state index in [0.717, 1.165) is 37.7 Å². The summed E-state index contributed by atoms with van der Waals surface area (Å²) in [5, 5.41) is 2.86. The second kappa shape index (κ2) is 21.8. The van der Waals surface area contributed by atoms with Crippen molar-refractivity contribution in [3.8, 4) is 18.1 Å². The van der Waals surface area contributed by atoms with Crippen LogP contribution in [0.3, 0.4) is 0 Å². The summed E-state index contributed by atoms with van der Waals surface area (Å²) in [6.45, 7) is 2.14. The molecule has 7 nitrogen and oxygen atoms in total. The van der Waals surface area contributed by atoms with E-state index in [1.807, 2.05) is 12.1 Å². The summed E-state index contributed by atoms with van der Waals surface area (Å²) in [6.07, 6.45) is 26.1. The molecule has 1 amide bonds. The van der Waals surface area contributed by atoms with E-state index in [2.05, 4.69) is 34.8 Å². The first-order valence-corrected chi connectivity index (χ1v) is 15.7. The summed E-state index contributed by atoms with van der Waals surface area (Å²) in [5.74, 6) is 2.89. The van der Waals surface area contributed by atoms with Crippen molar-refractivity contribution < 1.29 is 28.4 Å². The average Bonchev–Trinajstić information content (AvgIpc) is 2.88. The van der Waals surface area contributed by atoms with Crippen LogP contribution in [0.15, 0.2) is 36.4 Å². The minimum Gasteiger partial charge on any atom is -0.481 e. The van der Waals surface area contributed by atoms with Gasteiger partial charge in [-0.15, -0.1) is 6.42 Å². The lowest BCUT2D eigenvalue weighted by atomic mass is 10.1. The summed E-state index contributed by atoms with van der Waals surface area (Å²) < 4.78 is 21.2. The van der Waals surface area contributed by atoms with Crippen molar-refractivity contribution in [2.75, 3.05) is 13.2 Å². The second-order valence-electron chi connectivity index (χ2n) is 9.73. The molecule has 1 atom stereocenters. The predicted octanol–water partition coefficient (Wildman–Crippen LogP) is 6.87. The summed E-state index contributed by atoms with van der Waals surface area (Å²) in [7, 11) is -4.64. The molecule has 1 unspecified atom stereocenters. The van der Waals surface area contributed by atoms with Gasteiger partial charge in [0.15, 0.2) is 0 Å². The predicted molar refractivity (Wildman–Crippen MR) is 154 cm³/mol. The largest absolute Gasteiger partial charge is 0.481 e. The van der Waals surface area contributed by atoms with Crippen LogP contribution in [-0.2, 0) is 20.3 Å². The van der Waals surface area contributed by atoms with Gasteiger partial charge in [0.05, 0.1) is 12.6 Å². The molecule has 0 aromatic heterocycles. The van der Waals surface area contributed by atoms with Gasteiger partial charge in [0.1, 0.15) is 12.4 Å². The molecule has 0 heterocycles. The molecule has 0 aliphatic heterocycles. The number of hydrogen-bond donors (Lipinski definition) is 3. The molecule has 3 N–H and O–H groups in total. The molecule has 38 heavy (non-hydrogen) atoms. The Balaban J connectivity index is 2.24. The minimum absolute atomic E-state index is 0.143. The molecule has 0 aliphatic carbocycles. The van der Waals surface area contributed by atoms with Gasteiger partial charge in [0.25, 0.3) is 0 Å². The van der Waals surface area contributed by atoms with Crippen LogP contribution >= 0.6 is 7.82 Å². The van der Waals surface area contributed by atoms with E-state index in [-0.39, 0.29) is 19.1 Å². The topological polar surface area (TPSA) is 105 Å². The van der Waals surface area contributed by atoms with Crippen molar-refractivity contribution in [1.29, 1.82) is 0 Å². The molecular formula is C30H48NO6P. The average molecular weight is 550 g/mol. The molecule has 0 aliphatic rings. The highest BCUT2D eigenvalue weighted by atomic mass is 31.2. The Morgan fingerprint density at radius 1 is 0.974 bits per heavy atom. The molecule has 0 radical (unpaired) electrons. The van der Waals surface area contributed by atoms with E-state index in [1.165, 1.54) is 51.4 Å². The molecule has 0 fully saturated rings. The lowest BCUT2D eigenvalue weighted by Gasteiger charge is -2.19. The van der Waals surface area contributed by atoms with Crippen LogP contribution in [0.5, 0.6) is 5.75 Å². The van der Waals surface area contributed by atoms with Crippen LogP contribution in [0.1, 0.15) is 102 Å². The van der Waals surface area contributed by atoms with E-state index in [0.29, 0.717) is 18.6 Å². The van der Waals surface area contributed by atoms with Crippen LogP contribution in [0.4, 0.5) is 0 Å². The highest BCUT2D eigenvalue weighted by Crippen LogP contribution is 2.35. The molecule has 0 bridgehead atoms. The maximum Gasteiger partial charge on any atom is 0.469 e. The number of ether oxygens (including phenoxy) is 1. The number of benzene rings is 1. The monoisotopic (exact) mass is 549 g/mol. The van der Waals surface area contributed by atoms with Crippen molar-refractivity contribution in [3.63, 3.8) is 0 Å². The fraction of sp³-hybridized carbons (Fsp3) is 0.633. The zero-order chi connectivity index (χ0) is 27.9. The van der Waals surface area contributed by atoms with Crippen molar-refractivity contribution in [2.24, 2.45) is 0 Å². The van der Waals surface area contributed by atoms with Crippen molar-refractivity contribution >= 4 is 13.7 Å². The van der Waals surface area contributed by atoms with Gasteiger partial charge >= 0.3 is 7.82 Å². The van der Waals surface area contributed by atoms with Crippen LogP contribution < -0.4 is 10.1 Å². The number of hydrogen-bond acceptors (Lipinski definition) is 4. The molecule has 214 valence electrons. The Kier molecular flexibility index (Phi) is 19.5. The third kappa shape index (κ3) is 19.9. The zero-order valence-electron chi connectivity index (χ0n) is 23.1. The summed E-state index contributed by atoms with van der Waals surface area (Å²) >= 11 is 0. The first-order valence-electron chi connectivity index (χ1n) is 14.1. The van der Waals surface area contributed by atoms with E-state index < -0.39 is 13.9 Å². The van der Waals surface area contributed by atoms with E-state index in [1.54, 1.807) is 12.1 Å². The molecule has 0 spiro atoms. The minimum atomic E-state index is -4.64. The van der Waals surface area contributed by atoms with E-state index >= 15 is 0 Å². The van der Waals surface area contributed by atoms with Crippen LogP contribution in [0.2, 0.25) is 0 Å². The van der Waals surface area contributed by atoms with Crippen LogP contribution in [-0.4, -0.2) is 34.9 Å². The third-order valence-electron chi connectivity index (χ3n) is 6.20. The SMILES string of the molecule is C#CCOc1ccc(CC(COP(=O)(O)O)NC(=O)CCCCCCCC=CCCCCCCCC)cc1. The molecule has 1 aromatic rings. The molecule has 1 aromatic carbocycles. The number of rotatable bonds is 23. The van der Waals surface area contributed by atoms with Gasteiger partial charge in [-0.05, 0) is 56.2 Å². The number of amides is 1. The number of carbonyl (C=O) groups excluding carboxylic acids is 1. The summed E-state index contributed by atoms with van der Waals surface area (Å²) in [6, 6.07) is 6.62. The highest BCUT2D eigenvalue weighted by Gasteiger charge is 2.20. The first kappa shape index (κ1) is 33.9. The number of phosphoric ester groups is 1. The third-order valence-corrected chi connectivity index (χ3v) is 6.69. The number of allylic oxidation sites excluding steroid dienone is 2. The van der Waals surface area contributed by atoms with Crippen molar-refractivity contribution in [3.05, 3.63) is 42.0 Å². The van der Waals surface area contributed by atoms with Crippen LogP contribution in [0.25, 0.3) is 0 Å². The van der Waals surface area contributed by atoms with Crippen molar-refractivity contribution in [2.45, 2.75) is 109 Å². The van der Waals surface area contributed by atoms with Crippen molar-refractivity contribution in [1.82, 2.24) is 5.32 Å². The molecule has 8 heteroatoms. The Hall–Kier alpha value is -2.10. The Morgan fingerprint density at radius 3 is 2.13 bits per heavy atom. The summed E-state index contributed by atoms with van der Waals surface area (Å²) in [4.78, 5) is 30.6. The highest BCUT2D eigenvalue weighted by molar-refractivity contribution is 7.46. The number of terminal acetylenes is 1. The fourth-order valence-corrected chi connectivity index (χ4v) is 4.50. The van der Waals surface area contributed by atoms with Gasteiger partial charge in [0.2, 0.25) is 5.91 Å². The maximum absolute atomic E-state index is 12.5. The quantitative estimate of drug-likeness (QED) is 0.0595. The van der Waals surface area contributed by atoms with Gasteiger partial charge in [-0.25, -0.2) is 4.57 Å². The standard InChI is InChI=1S/C30H48NO6P/c1-3-5-6-7-8-9-10-11-12-13-14-15-16-17-18-19-30(32)31-28(26-37-38(33,34)35)25-27-20-22-29(23-21-27)36-24-4-2/h2,11-12,20-23,28H,3,5-10,13-19,24-26H2,1H3,(H,31,32)(H2,33,34,35). The number of carbonyl (C=O) groups is 1.